The molecule has 0 saturated heterocycles. The molecule has 1 N–H and O–H groups in total. The van der Waals surface area contributed by atoms with E-state index in [0.29, 0.717) is 16.5 Å². The van der Waals surface area contributed by atoms with Crippen molar-refractivity contribution in [3.05, 3.63) is 79.6 Å². The van der Waals surface area contributed by atoms with Crippen molar-refractivity contribution in [2.75, 3.05) is 6.54 Å². The Morgan fingerprint density at radius 1 is 1.13 bits per heavy atom. The number of rotatable bonds is 6. The summed E-state index contributed by atoms with van der Waals surface area (Å²) < 4.78 is 0. The Hall–Kier alpha value is -1.97. The Morgan fingerprint density at radius 3 is 2.52 bits per heavy atom. The molecule has 0 aliphatic heterocycles. The quantitative estimate of drug-likeness (QED) is 0.324. The van der Waals surface area contributed by atoms with Crippen LogP contribution in [0.1, 0.15) is 16.7 Å². The summed E-state index contributed by atoms with van der Waals surface area (Å²) in [4.78, 5) is 2.64. The highest BCUT2D eigenvalue weighted by molar-refractivity contribution is 6.37. The zero-order valence-corrected chi connectivity index (χ0v) is 13.7. The Morgan fingerprint density at radius 2 is 1.83 bits per heavy atom. The van der Waals surface area contributed by atoms with Crippen molar-refractivity contribution in [3.63, 3.8) is 0 Å². The van der Waals surface area contributed by atoms with Gasteiger partial charge in [0.15, 0.2) is 0 Å². The second-order valence-electron chi connectivity index (χ2n) is 4.99. The molecule has 1 atom stereocenters. The van der Waals surface area contributed by atoms with Crippen LogP contribution in [0.3, 0.4) is 0 Å². The molecule has 0 aromatic heterocycles. The van der Waals surface area contributed by atoms with Gasteiger partial charge >= 0.3 is 0 Å². The smallest absolute Gasteiger partial charge is 0.0636 e. The minimum atomic E-state index is -0.692. The van der Waals surface area contributed by atoms with Gasteiger partial charge in [-0.2, -0.15) is 0 Å². The fourth-order valence-corrected chi connectivity index (χ4v) is 2.66. The molecule has 6 heteroatoms. The van der Waals surface area contributed by atoms with Gasteiger partial charge in [0.2, 0.25) is 0 Å². The monoisotopic (exact) mass is 347 g/mol. The minimum absolute atomic E-state index is 0.0613. The molecule has 0 radical (unpaired) electrons. The van der Waals surface area contributed by atoms with E-state index in [1.807, 2.05) is 36.4 Å². The third kappa shape index (κ3) is 5.31. The highest BCUT2D eigenvalue weighted by Gasteiger charge is 2.05. The van der Waals surface area contributed by atoms with Crippen LogP contribution in [0.15, 0.2) is 47.6 Å². The maximum absolute atomic E-state index is 9.79. The first-order chi connectivity index (χ1) is 11.1. The maximum Gasteiger partial charge on any atom is 0.0636 e. The highest BCUT2D eigenvalue weighted by atomic mass is 35.5. The second-order valence-corrected chi connectivity index (χ2v) is 5.80. The molecule has 0 fully saturated rings. The molecule has 2 rings (SSSR count). The number of hydrogen-bond donors (Lipinski definition) is 1. The minimum Gasteiger partial charge on any atom is -0.393 e. The van der Waals surface area contributed by atoms with E-state index in [-0.39, 0.29) is 6.54 Å². The Kier molecular flexibility index (Phi) is 6.51. The molecule has 0 aliphatic carbocycles. The van der Waals surface area contributed by atoms with E-state index in [1.165, 1.54) is 0 Å². The lowest BCUT2D eigenvalue weighted by atomic mass is 10.0. The van der Waals surface area contributed by atoms with Crippen LogP contribution >= 0.6 is 23.2 Å². The molecule has 0 amide bonds. The number of azide groups is 1. The summed E-state index contributed by atoms with van der Waals surface area (Å²) in [6, 6.07) is 13.1. The molecule has 4 nitrogen and oxygen atoms in total. The summed E-state index contributed by atoms with van der Waals surface area (Å²) in [5.74, 6) is 0. The number of nitrogens with zero attached hydrogens (tertiary/aromatic N) is 3. The molecule has 2 aromatic carbocycles. The van der Waals surface area contributed by atoms with E-state index < -0.39 is 6.10 Å². The normalized spacial score (nSPS) is 12.1. The molecular formula is C17H15Cl2N3O. The number of hydrogen-bond acceptors (Lipinski definition) is 2. The SMILES string of the molecule is [N-]=[N+]=NCC(O)Cc1cccc(C=Cc2c(Cl)cccc2Cl)c1. The predicted molar refractivity (Wildman–Crippen MR) is 95.6 cm³/mol. The molecule has 0 aliphatic rings. The lowest BCUT2D eigenvalue weighted by Crippen LogP contribution is -2.13. The first-order valence-electron chi connectivity index (χ1n) is 7.00. The molecule has 0 bridgehead atoms. The van der Waals surface area contributed by atoms with Crippen molar-refractivity contribution >= 4 is 35.4 Å². The number of aliphatic hydroxyl groups excluding tert-OH is 1. The van der Waals surface area contributed by atoms with Crippen LogP contribution in [0.25, 0.3) is 22.6 Å². The number of halogens is 2. The van der Waals surface area contributed by atoms with Crippen LogP contribution in [-0.2, 0) is 6.42 Å². The Bertz CT molecular complexity index is 735. The van der Waals surface area contributed by atoms with Gasteiger partial charge in [-0.05, 0) is 35.2 Å². The molecule has 1 unspecified atom stereocenters. The zero-order chi connectivity index (χ0) is 16.7. The van der Waals surface area contributed by atoms with E-state index in [2.05, 4.69) is 10.0 Å². The van der Waals surface area contributed by atoms with E-state index in [0.717, 1.165) is 16.7 Å². The summed E-state index contributed by atoms with van der Waals surface area (Å²) in [5, 5.41) is 14.3. The first kappa shape index (κ1) is 17.4. The Balaban J connectivity index is 2.13. The van der Waals surface area contributed by atoms with Crippen LogP contribution in [0.2, 0.25) is 10.0 Å². The van der Waals surface area contributed by atoms with Gasteiger partial charge in [0.25, 0.3) is 0 Å². The largest absolute Gasteiger partial charge is 0.393 e. The molecule has 0 spiro atoms. The standard InChI is InChI=1S/C17H15Cl2N3O/c18-16-5-2-6-17(19)15(16)8-7-12-3-1-4-13(9-12)10-14(23)11-21-22-20/h1-9,14,23H,10-11H2. The molecule has 118 valence electrons. The molecular weight excluding hydrogens is 333 g/mol. The van der Waals surface area contributed by atoms with Gasteiger partial charge in [-0.25, -0.2) is 0 Å². The van der Waals surface area contributed by atoms with Crippen LogP contribution < -0.4 is 0 Å². The van der Waals surface area contributed by atoms with Crippen molar-refractivity contribution in [3.8, 4) is 0 Å². The van der Waals surface area contributed by atoms with Gasteiger partial charge in [0, 0.05) is 20.5 Å². The third-order valence-electron chi connectivity index (χ3n) is 3.22. The van der Waals surface area contributed by atoms with Gasteiger partial charge in [-0.15, -0.1) is 0 Å². The summed E-state index contributed by atoms with van der Waals surface area (Å²) >= 11 is 12.3. The maximum atomic E-state index is 9.79. The second kappa shape index (κ2) is 8.61. The summed E-state index contributed by atoms with van der Waals surface area (Å²) in [7, 11) is 0. The average molecular weight is 348 g/mol. The lowest BCUT2D eigenvalue weighted by molar-refractivity contribution is 0.183. The van der Waals surface area contributed by atoms with Crippen molar-refractivity contribution in [2.45, 2.75) is 12.5 Å². The zero-order valence-electron chi connectivity index (χ0n) is 12.2. The number of benzene rings is 2. The highest BCUT2D eigenvalue weighted by Crippen LogP contribution is 2.26. The predicted octanol–water partition coefficient (Wildman–Crippen LogP) is 5.38. The summed E-state index contributed by atoms with van der Waals surface area (Å²) in [5.41, 5.74) is 11.0. The topological polar surface area (TPSA) is 69.0 Å². The van der Waals surface area contributed by atoms with Crippen molar-refractivity contribution in [1.82, 2.24) is 0 Å². The van der Waals surface area contributed by atoms with Gasteiger partial charge in [0.1, 0.15) is 0 Å². The third-order valence-corrected chi connectivity index (χ3v) is 3.88. The van der Waals surface area contributed by atoms with Crippen molar-refractivity contribution < 1.29 is 5.11 Å². The summed E-state index contributed by atoms with van der Waals surface area (Å²) in [6.07, 6.45) is 3.51. The van der Waals surface area contributed by atoms with Crippen molar-refractivity contribution in [1.29, 1.82) is 0 Å². The fourth-order valence-electron chi connectivity index (χ4n) is 2.14. The average Bonchev–Trinajstić information content (AvgIpc) is 2.53. The molecule has 23 heavy (non-hydrogen) atoms. The summed E-state index contributed by atoms with van der Waals surface area (Å²) in [6.45, 7) is 0.0613. The van der Waals surface area contributed by atoms with Gasteiger partial charge in [0.05, 0.1) is 12.6 Å². The van der Waals surface area contributed by atoms with E-state index in [9.17, 15) is 5.11 Å². The fraction of sp³-hybridized carbons (Fsp3) is 0.176. The molecule has 0 saturated carbocycles. The van der Waals surface area contributed by atoms with Gasteiger partial charge in [-0.3, -0.25) is 0 Å². The Labute approximate surface area is 144 Å². The van der Waals surface area contributed by atoms with Crippen LogP contribution in [0, 0.1) is 0 Å². The van der Waals surface area contributed by atoms with Crippen LogP contribution in [0.4, 0.5) is 0 Å². The van der Waals surface area contributed by atoms with E-state index >= 15 is 0 Å². The van der Waals surface area contributed by atoms with Gasteiger partial charge < -0.3 is 5.11 Å². The van der Waals surface area contributed by atoms with Gasteiger partial charge in [-0.1, -0.05) is 70.8 Å². The number of aliphatic hydroxyl groups is 1. The van der Waals surface area contributed by atoms with E-state index in [4.69, 9.17) is 28.7 Å². The van der Waals surface area contributed by atoms with Crippen LogP contribution in [0.5, 0.6) is 0 Å². The lowest BCUT2D eigenvalue weighted by Gasteiger charge is -2.08. The molecule has 2 aromatic rings. The van der Waals surface area contributed by atoms with Crippen molar-refractivity contribution in [2.24, 2.45) is 5.11 Å². The van der Waals surface area contributed by atoms with E-state index in [1.54, 1.807) is 18.2 Å². The first-order valence-corrected chi connectivity index (χ1v) is 7.75. The van der Waals surface area contributed by atoms with Crippen LogP contribution in [-0.4, -0.2) is 17.8 Å². The molecule has 0 heterocycles.